The molecule has 0 aliphatic heterocycles. The number of nitrogens with one attached hydrogen (secondary N) is 1. The molecule has 1 N–H and O–H groups in total. The monoisotopic (exact) mass is 262 g/mol. The predicted molar refractivity (Wildman–Crippen MR) is 71.5 cm³/mol. The summed E-state index contributed by atoms with van der Waals surface area (Å²) in [5, 5.41) is 6.99. The van der Waals surface area contributed by atoms with Crippen LogP contribution in [0.2, 0.25) is 0 Å². The van der Waals surface area contributed by atoms with Gasteiger partial charge in [0.25, 0.3) is 5.95 Å². The van der Waals surface area contributed by atoms with E-state index in [-0.39, 0.29) is 11.6 Å². The van der Waals surface area contributed by atoms with Gasteiger partial charge in [0.05, 0.1) is 0 Å². The topological polar surface area (TPSA) is 77.8 Å². The molecule has 0 fully saturated rings. The van der Waals surface area contributed by atoms with Gasteiger partial charge in [-0.25, -0.2) is 4.68 Å². The van der Waals surface area contributed by atoms with E-state index >= 15 is 0 Å². The highest BCUT2D eigenvalue weighted by atomic mass is 16.5. The Labute approximate surface area is 112 Å². The highest BCUT2D eigenvalue weighted by Gasteiger charge is 2.20. The standard InChI is InChI=1S/C12H18N6O/c1-5-12(2,3)19-11-16-9(13-4)15-10(17-11)18-8-6-7-14-18/h6-8H,5H2,1-4H3,(H,13,15,16,17). The van der Waals surface area contributed by atoms with Gasteiger partial charge in [-0.1, -0.05) is 6.92 Å². The van der Waals surface area contributed by atoms with E-state index in [4.69, 9.17) is 4.74 Å². The fourth-order valence-electron chi connectivity index (χ4n) is 1.31. The molecule has 7 nitrogen and oxygen atoms in total. The smallest absolute Gasteiger partial charge is 0.323 e. The molecule has 0 atom stereocenters. The van der Waals surface area contributed by atoms with E-state index in [0.29, 0.717) is 11.9 Å². The van der Waals surface area contributed by atoms with Crippen LogP contribution in [-0.2, 0) is 0 Å². The van der Waals surface area contributed by atoms with Crippen molar-refractivity contribution < 1.29 is 4.74 Å². The molecule has 2 aromatic rings. The van der Waals surface area contributed by atoms with Crippen LogP contribution in [0.5, 0.6) is 6.01 Å². The van der Waals surface area contributed by atoms with Gasteiger partial charge in [0, 0.05) is 19.4 Å². The average Bonchev–Trinajstić information content (AvgIpc) is 2.91. The van der Waals surface area contributed by atoms with Crippen molar-refractivity contribution in [3.8, 4) is 12.0 Å². The third-order valence-corrected chi connectivity index (χ3v) is 2.76. The number of anilines is 1. The van der Waals surface area contributed by atoms with Crippen LogP contribution in [-0.4, -0.2) is 37.4 Å². The molecule has 102 valence electrons. The lowest BCUT2D eigenvalue weighted by Gasteiger charge is -2.23. The number of hydrogen-bond donors (Lipinski definition) is 1. The van der Waals surface area contributed by atoms with Crippen LogP contribution in [0.25, 0.3) is 5.95 Å². The SMILES string of the molecule is CCC(C)(C)Oc1nc(NC)nc(-n2cccn2)n1. The number of aromatic nitrogens is 5. The molecule has 0 aromatic carbocycles. The van der Waals surface area contributed by atoms with Crippen molar-refractivity contribution in [1.82, 2.24) is 24.7 Å². The van der Waals surface area contributed by atoms with E-state index in [1.807, 2.05) is 13.8 Å². The minimum atomic E-state index is -0.326. The predicted octanol–water partition coefficient (Wildman–Crippen LogP) is 1.67. The van der Waals surface area contributed by atoms with Crippen molar-refractivity contribution in [2.24, 2.45) is 0 Å². The summed E-state index contributed by atoms with van der Waals surface area (Å²) in [4.78, 5) is 12.7. The number of hydrogen-bond acceptors (Lipinski definition) is 6. The van der Waals surface area contributed by atoms with Crippen LogP contribution >= 0.6 is 0 Å². The molecule has 0 aliphatic carbocycles. The van der Waals surface area contributed by atoms with E-state index in [9.17, 15) is 0 Å². The lowest BCUT2D eigenvalue weighted by molar-refractivity contribution is 0.0922. The Morgan fingerprint density at radius 3 is 2.68 bits per heavy atom. The molecule has 2 heterocycles. The van der Waals surface area contributed by atoms with Crippen molar-refractivity contribution in [2.45, 2.75) is 32.8 Å². The molecule has 0 aliphatic rings. The van der Waals surface area contributed by atoms with E-state index in [1.54, 1.807) is 30.2 Å². The van der Waals surface area contributed by atoms with Gasteiger partial charge in [-0.05, 0) is 26.3 Å². The Hall–Kier alpha value is -2.18. The molecular weight excluding hydrogens is 244 g/mol. The number of nitrogens with zero attached hydrogens (tertiary/aromatic N) is 5. The van der Waals surface area contributed by atoms with Crippen LogP contribution in [0.15, 0.2) is 18.5 Å². The molecule has 0 radical (unpaired) electrons. The minimum absolute atomic E-state index is 0.289. The van der Waals surface area contributed by atoms with Crippen LogP contribution < -0.4 is 10.1 Å². The molecule has 0 saturated carbocycles. The van der Waals surface area contributed by atoms with Gasteiger partial charge in [-0.3, -0.25) is 0 Å². The normalized spacial score (nSPS) is 11.4. The summed E-state index contributed by atoms with van der Waals surface area (Å²) in [5.41, 5.74) is -0.326. The Bertz CT molecular complexity index is 537. The second-order valence-corrected chi connectivity index (χ2v) is 4.66. The third-order valence-electron chi connectivity index (χ3n) is 2.76. The van der Waals surface area contributed by atoms with Crippen LogP contribution in [0.1, 0.15) is 27.2 Å². The molecule has 0 amide bonds. The highest BCUT2D eigenvalue weighted by molar-refractivity contribution is 5.29. The summed E-state index contributed by atoms with van der Waals surface area (Å²) in [7, 11) is 1.75. The Kier molecular flexibility index (Phi) is 3.64. The molecule has 2 aromatic heterocycles. The molecule has 19 heavy (non-hydrogen) atoms. The quantitative estimate of drug-likeness (QED) is 0.883. The maximum Gasteiger partial charge on any atom is 0.323 e. The largest absolute Gasteiger partial charge is 0.457 e. The van der Waals surface area contributed by atoms with E-state index in [0.717, 1.165) is 6.42 Å². The summed E-state index contributed by atoms with van der Waals surface area (Å²) >= 11 is 0. The van der Waals surface area contributed by atoms with Gasteiger partial charge < -0.3 is 10.1 Å². The Morgan fingerprint density at radius 2 is 2.11 bits per heavy atom. The van der Waals surface area contributed by atoms with Crippen LogP contribution in [0.3, 0.4) is 0 Å². The van der Waals surface area contributed by atoms with Gasteiger partial charge in [-0.2, -0.15) is 20.1 Å². The lowest BCUT2D eigenvalue weighted by atomic mass is 10.1. The van der Waals surface area contributed by atoms with Crippen molar-refractivity contribution in [2.75, 3.05) is 12.4 Å². The molecule has 7 heteroatoms. The maximum atomic E-state index is 5.79. The fraction of sp³-hybridized carbons (Fsp3) is 0.500. The molecule has 0 unspecified atom stereocenters. The zero-order chi connectivity index (χ0) is 13.9. The fourth-order valence-corrected chi connectivity index (χ4v) is 1.31. The maximum absolute atomic E-state index is 5.79. The summed E-state index contributed by atoms with van der Waals surface area (Å²) in [6.45, 7) is 6.03. The Morgan fingerprint density at radius 1 is 1.32 bits per heavy atom. The van der Waals surface area contributed by atoms with Gasteiger partial charge in [0.15, 0.2) is 0 Å². The van der Waals surface area contributed by atoms with Crippen molar-refractivity contribution in [3.63, 3.8) is 0 Å². The lowest BCUT2D eigenvalue weighted by Crippen LogP contribution is -2.28. The van der Waals surface area contributed by atoms with Gasteiger partial charge in [-0.15, -0.1) is 0 Å². The molecule has 2 rings (SSSR count). The van der Waals surface area contributed by atoms with E-state index in [1.165, 1.54) is 0 Å². The second kappa shape index (κ2) is 5.21. The summed E-state index contributed by atoms with van der Waals surface area (Å²) < 4.78 is 7.35. The van der Waals surface area contributed by atoms with Crippen LogP contribution in [0.4, 0.5) is 5.95 Å². The highest BCUT2D eigenvalue weighted by Crippen LogP contribution is 2.18. The molecule has 0 spiro atoms. The zero-order valence-electron chi connectivity index (χ0n) is 11.6. The van der Waals surface area contributed by atoms with Crippen LogP contribution in [0, 0.1) is 0 Å². The van der Waals surface area contributed by atoms with Crippen molar-refractivity contribution in [1.29, 1.82) is 0 Å². The minimum Gasteiger partial charge on any atom is -0.457 e. The van der Waals surface area contributed by atoms with Crippen molar-refractivity contribution >= 4 is 5.95 Å². The third kappa shape index (κ3) is 3.18. The first-order valence-electron chi connectivity index (χ1n) is 6.17. The van der Waals surface area contributed by atoms with Gasteiger partial charge in [0.2, 0.25) is 5.95 Å². The number of ether oxygens (including phenoxy) is 1. The summed E-state index contributed by atoms with van der Waals surface area (Å²) in [5.74, 6) is 0.869. The van der Waals surface area contributed by atoms with E-state index in [2.05, 4.69) is 32.3 Å². The average molecular weight is 262 g/mol. The summed E-state index contributed by atoms with van der Waals surface area (Å²) in [6.07, 6.45) is 4.29. The van der Waals surface area contributed by atoms with Gasteiger partial charge in [0.1, 0.15) is 5.60 Å². The second-order valence-electron chi connectivity index (χ2n) is 4.66. The first-order chi connectivity index (χ1) is 9.04. The summed E-state index contributed by atoms with van der Waals surface area (Å²) in [6, 6.07) is 2.09. The van der Waals surface area contributed by atoms with Crippen molar-refractivity contribution in [3.05, 3.63) is 18.5 Å². The molecular formula is C12H18N6O. The first-order valence-corrected chi connectivity index (χ1v) is 6.17. The van der Waals surface area contributed by atoms with E-state index < -0.39 is 0 Å². The number of rotatable bonds is 5. The van der Waals surface area contributed by atoms with Gasteiger partial charge >= 0.3 is 6.01 Å². The molecule has 0 bridgehead atoms. The first kappa shape index (κ1) is 13.3. The molecule has 0 saturated heterocycles. The Balaban J connectivity index is 2.37. The zero-order valence-corrected chi connectivity index (χ0v) is 11.6.